The van der Waals surface area contributed by atoms with Crippen molar-refractivity contribution in [1.82, 2.24) is 5.32 Å². The maximum atomic E-state index is 13.1. The number of sulfonamides is 1. The molecular weight excluding hydrogens is 416 g/mol. The molecule has 31 heavy (non-hydrogen) atoms. The van der Waals surface area contributed by atoms with E-state index in [1.807, 2.05) is 32.9 Å². The monoisotopic (exact) mass is 446 g/mol. The van der Waals surface area contributed by atoms with Gasteiger partial charge in [0.05, 0.1) is 18.0 Å². The van der Waals surface area contributed by atoms with Gasteiger partial charge in [-0.15, -0.1) is 0 Å². The van der Waals surface area contributed by atoms with Crippen LogP contribution in [0.5, 0.6) is 11.5 Å². The first-order valence-corrected chi connectivity index (χ1v) is 12.2. The second-order valence-corrected chi connectivity index (χ2v) is 9.74. The van der Waals surface area contributed by atoms with Crippen LogP contribution in [-0.2, 0) is 14.8 Å². The fraction of sp³-hybridized carbons (Fsp3) is 0.435. The van der Waals surface area contributed by atoms with Crippen LogP contribution in [0.25, 0.3) is 0 Å². The SMILES string of the molecule is CC[C@@H](NC(=O)[C@@H](C)N(c1ccc2c(c1)OCCO2)S(C)(=O)=O)c1ccc(C)c(C)c1. The van der Waals surface area contributed by atoms with Gasteiger partial charge in [0.1, 0.15) is 19.3 Å². The quantitative estimate of drug-likeness (QED) is 0.704. The van der Waals surface area contributed by atoms with Gasteiger partial charge in [-0.05, 0) is 56.0 Å². The van der Waals surface area contributed by atoms with Crippen molar-refractivity contribution in [3.8, 4) is 11.5 Å². The smallest absolute Gasteiger partial charge is 0.244 e. The zero-order valence-electron chi connectivity index (χ0n) is 18.6. The lowest BCUT2D eigenvalue weighted by Crippen LogP contribution is -2.48. The van der Waals surface area contributed by atoms with Gasteiger partial charge in [0, 0.05) is 6.07 Å². The van der Waals surface area contributed by atoms with Crippen molar-refractivity contribution in [1.29, 1.82) is 0 Å². The number of ether oxygens (including phenoxy) is 2. The molecule has 0 aromatic heterocycles. The fourth-order valence-electron chi connectivity index (χ4n) is 3.67. The van der Waals surface area contributed by atoms with Crippen molar-refractivity contribution in [3.63, 3.8) is 0 Å². The van der Waals surface area contributed by atoms with Crippen LogP contribution in [0, 0.1) is 13.8 Å². The predicted octanol–water partition coefficient (Wildman–Crippen LogP) is 3.50. The second-order valence-electron chi connectivity index (χ2n) is 7.88. The Balaban J connectivity index is 1.86. The van der Waals surface area contributed by atoms with E-state index < -0.39 is 16.1 Å². The van der Waals surface area contributed by atoms with Gasteiger partial charge in [-0.1, -0.05) is 25.1 Å². The van der Waals surface area contributed by atoms with E-state index >= 15 is 0 Å². The number of anilines is 1. The molecule has 2 aromatic carbocycles. The molecule has 1 aliphatic heterocycles. The van der Waals surface area contributed by atoms with Crippen molar-refractivity contribution >= 4 is 21.6 Å². The Kier molecular flexibility index (Phi) is 6.79. The molecule has 0 unspecified atom stereocenters. The lowest BCUT2D eigenvalue weighted by molar-refractivity contribution is -0.122. The van der Waals surface area contributed by atoms with Gasteiger partial charge in [-0.3, -0.25) is 9.10 Å². The molecule has 168 valence electrons. The summed E-state index contributed by atoms with van der Waals surface area (Å²) in [6, 6.07) is 9.81. The highest BCUT2D eigenvalue weighted by Gasteiger charge is 2.31. The number of hydrogen-bond donors (Lipinski definition) is 1. The molecule has 1 N–H and O–H groups in total. The third kappa shape index (κ3) is 5.12. The number of rotatable bonds is 7. The number of carbonyl (C=O) groups is 1. The summed E-state index contributed by atoms with van der Waals surface area (Å²) >= 11 is 0. The van der Waals surface area contributed by atoms with E-state index in [1.165, 1.54) is 5.56 Å². The fourth-order valence-corrected chi connectivity index (χ4v) is 4.84. The summed E-state index contributed by atoms with van der Waals surface area (Å²) in [5, 5.41) is 3.01. The van der Waals surface area contributed by atoms with Crippen molar-refractivity contribution in [2.24, 2.45) is 0 Å². The Morgan fingerprint density at radius 1 is 1.06 bits per heavy atom. The average Bonchev–Trinajstić information content (AvgIpc) is 2.72. The summed E-state index contributed by atoms with van der Waals surface area (Å²) in [5.41, 5.74) is 3.68. The summed E-state index contributed by atoms with van der Waals surface area (Å²) in [6.45, 7) is 8.47. The van der Waals surface area contributed by atoms with E-state index in [0.717, 1.165) is 21.7 Å². The number of fused-ring (bicyclic) bond motifs is 1. The van der Waals surface area contributed by atoms with Crippen LogP contribution in [0.2, 0.25) is 0 Å². The Hall–Kier alpha value is -2.74. The minimum absolute atomic E-state index is 0.212. The van der Waals surface area contributed by atoms with Gasteiger partial charge in [0.2, 0.25) is 15.9 Å². The van der Waals surface area contributed by atoms with E-state index in [2.05, 4.69) is 11.4 Å². The Labute approximate surface area is 184 Å². The van der Waals surface area contributed by atoms with Crippen LogP contribution in [0.1, 0.15) is 43.0 Å². The third-order valence-corrected chi connectivity index (χ3v) is 6.77. The molecule has 2 aromatic rings. The molecule has 1 amide bonds. The van der Waals surface area contributed by atoms with Crippen LogP contribution in [0.3, 0.4) is 0 Å². The molecule has 1 heterocycles. The first-order valence-electron chi connectivity index (χ1n) is 10.4. The molecule has 0 saturated carbocycles. The number of nitrogens with one attached hydrogen (secondary N) is 1. The van der Waals surface area contributed by atoms with E-state index in [1.54, 1.807) is 25.1 Å². The van der Waals surface area contributed by atoms with Gasteiger partial charge in [-0.25, -0.2) is 8.42 Å². The minimum Gasteiger partial charge on any atom is -0.486 e. The number of aryl methyl sites for hydroxylation is 2. The number of nitrogens with zero attached hydrogens (tertiary/aromatic N) is 1. The van der Waals surface area contributed by atoms with E-state index in [0.29, 0.717) is 36.8 Å². The number of benzene rings is 2. The Morgan fingerprint density at radius 3 is 2.35 bits per heavy atom. The molecule has 3 rings (SSSR count). The van der Waals surface area contributed by atoms with Crippen LogP contribution in [0.4, 0.5) is 5.69 Å². The molecule has 2 atom stereocenters. The molecular formula is C23H30N2O5S. The highest BCUT2D eigenvalue weighted by molar-refractivity contribution is 7.92. The van der Waals surface area contributed by atoms with Gasteiger partial charge < -0.3 is 14.8 Å². The zero-order valence-corrected chi connectivity index (χ0v) is 19.5. The Bertz CT molecular complexity index is 1070. The van der Waals surface area contributed by atoms with Gasteiger partial charge in [0.15, 0.2) is 11.5 Å². The molecule has 0 spiro atoms. The summed E-state index contributed by atoms with van der Waals surface area (Å²) in [5.74, 6) is 0.651. The normalized spacial score (nSPS) is 15.1. The summed E-state index contributed by atoms with van der Waals surface area (Å²) in [7, 11) is -3.73. The minimum atomic E-state index is -3.73. The molecule has 8 heteroatoms. The number of amides is 1. The molecule has 0 saturated heterocycles. The van der Waals surface area contributed by atoms with Crippen molar-refractivity contribution in [2.75, 3.05) is 23.8 Å². The summed E-state index contributed by atoms with van der Waals surface area (Å²) in [6.07, 6.45) is 1.78. The highest BCUT2D eigenvalue weighted by atomic mass is 32.2. The first-order chi connectivity index (χ1) is 14.6. The Morgan fingerprint density at radius 2 is 1.74 bits per heavy atom. The maximum absolute atomic E-state index is 13.1. The second kappa shape index (κ2) is 9.18. The van der Waals surface area contributed by atoms with Crippen LogP contribution in [0.15, 0.2) is 36.4 Å². The van der Waals surface area contributed by atoms with Crippen LogP contribution >= 0.6 is 0 Å². The first kappa shape index (κ1) is 22.9. The summed E-state index contributed by atoms with van der Waals surface area (Å²) < 4.78 is 37.5. The van der Waals surface area contributed by atoms with E-state index in [4.69, 9.17) is 9.47 Å². The maximum Gasteiger partial charge on any atom is 0.244 e. The lowest BCUT2D eigenvalue weighted by Gasteiger charge is -2.30. The predicted molar refractivity (Wildman–Crippen MR) is 121 cm³/mol. The van der Waals surface area contributed by atoms with Crippen LogP contribution in [-0.4, -0.2) is 39.8 Å². The van der Waals surface area contributed by atoms with Crippen molar-refractivity contribution in [2.45, 2.75) is 46.2 Å². The molecule has 7 nitrogen and oxygen atoms in total. The third-order valence-electron chi connectivity index (χ3n) is 5.53. The van der Waals surface area contributed by atoms with Gasteiger partial charge in [0.25, 0.3) is 0 Å². The largest absolute Gasteiger partial charge is 0.486 e. The van der Waals surface area contributed by atoms with Crippen molar-refractivity contribution in [3.05, 3.63) is 53.1 Å². The van der Waals surface area contributed by atoms with E-state index in [-0.39, 0.29) is 11.9 Å². The van der Waals surface area contributed by atoms with Crippen LogP contribution < -0.4 is 19.1 Å². The average molecular weight is 447 g/mol. The van der Waals surface area contributed by atoms with Gasteiger partial charge >= 0.3 is 0 Å². The zero-order chi connectivity index (χ0) is 22.8. The lowest BCUT2D eigenvalue weighted by atomic mass is 9.99. The molecule has 1 aliphatic rings. The summed E-state index contributed by atoms with van der Waals surface area (Å²) in [4.78, 5) is 13.1. The molecule has 0 fully saturated rings. The standard InChI is InChI=1S/C23H30N2O5S/c1-6-20(18-8-7-15(2)16(3)13-18)24-23(26)17(4)25(31(5,27)28)19-9-10-21-22(14-19)30-12-11-29-21/h7-10,13-14,17,20H,6,11-12H2,1-5H3,(H,24,26)/t17-,20-/m1/s1. The molecule has 0 radical (unpaired) electrons. The highest BCUT2D eigenvalue weighted by Crippen LogP contribution is 2.35. The number of hydrogen-bond acceptors (Lipinski definition) is 5. The van der Waals surface area contributed by atoms with Gasteiger partial charge in [-0.2, -0.15) is 0 Å². The molecule has 0 aliphatic carbocycles. The van der Waals surface area contributed by atoms with E-state index in [9.17, 15) is 13.2 Å². The topological polar surface area (TPSA) is 84.9 Å². The van der Waals surface area contributed by atoms with Crippen molar-refractivity contribution < 1.29 is 22.7 Å². The molecule has 0 bridgehead atoms. The number of carbonyl (C=O) groups excluding carboxylic acids is 1.